The van der Waals surface area contributed by atoms with Crippen molar-refractivity contribution in [2.75, 3.05) is 0 Å². The minimum absolute atomic E-state index is 0.254. The van der Waals surface area contributed by atoms with Gasteiger partial charge in [0.1, 0.15) is 12.4 Å². The standard InChI is InChI=1S/C24H18ClNO3/c1-16-9-11-18(12-10-16)23-26-22(24(27)29-23)14-17-5-4-7-20(13-17)28-15-19-6-2-3-8-21(19)25/h2-14H,15H2,1H3. The van der Waals surface area contributed by atoms with Crippen LogP contribution in [0.5, 0.6) is 5.75 Å². The molecule has 29 heavy (non-hydrogen) atoms. The fourth-order valence-electron chi connectivity index (χ4n) is 2.86. The van der Waals surface area contributed by atoms with E-state index in [2.05, 4.69) is 4.99 Å². The second-order valence-corrected chi connectivity index (χ2v) is 7.06. The highest BCUT2D eigenvalue weighted by Gasteiger charge is 2.24. The summed E-state index contributed by atoms with van der Waals surface area (Å²) in [7, 11) is 0. The van der Waals surface area contributed by atoms with Crippen molar-refractivity contribution >= 4 is 29.5 Å². The highest BCUT2D eigenvalue weighted by molar-refractivity contribution is 6.31. The molecule has 0 saturated carbocycles. The smallest absolute Gasteiger partial charge is 0.363 e. The number of carbonyl (C=O) groups is 1. The zero-order valence-electron chi connectivity index (χ0n) is 15.8. The fourth-order valence-corrected chi connectivity index (χ4v) is 3.05. The molecule has 4 rings (SSSR count). The molecule has 0 aromatic heterocycles. The Hall–Kier alpha value is -3.37. The molecule has 1 heterocycles. The van der Waals surface area contributed by atoms with Crippen LogP contribution in [0.15, 0.2) is 83.5 Å². The van der Waals surface area contributed by atoms with Gasteiger partial charge in [0.15, 0.2) is 5.70 Å². The number of cyclic esters (lactones) is 1. The van der Waals surface area contributed by atoms with E-state index < -0.39 is 5.97 Å². The monoisotopic (exact) mass is 403 g/mol. The number of hydrogen-bond acceptors (Lipinski definition) is 4. The van der Waals surface area contributed by atoms with Gasteiger partial charge in [0.2, 0.25) is 5.90 Å². The number of aliphatic imine (C=N–C) groups is 1. The Labute approximate surface area is 174 Å². The van der Waals surface area contributed by atoms with Crippen molar-refractivity contribution in [3.63, 3.8) is 0 Å². The molecule has 0 radical (unpaired) electrons. The van der Waals surface area contributed by atoms with Crippen molar-refractivity contribution in [2.45, 2.75) is 13.5 Å². The van der Waals surface area contributed by atoms with E-state index in [1.165, 1.54) is 0 Å². The molecule has 0 spiro atoms. The molecular formula is C24H18ClNO3. The Kier molecular flexibility index (Phi) is 5.45. The number of carbonyl (C=O) groups excluding carboxylic acids is 1. The van der Waals surface area contributed by atoms with Crippen molar-refractivity contribution in [3.05, 3.63) is 106 Å². The molecule has 0 amide bonds. The van der Waals surface area contributed by atoms with Gasteiger partial charge in [0.25, 0.3) is 0 Å². The molecule has 0 N–H and O–H groups in total. The van der Waals surface area contributed by atoms with Crippen LogP contribution in [-0.2, 0) is 16.1 Å². The van der Waals surface area contributed by atoms with Crippen LogP contribution in [0.25, 0.3) is 6.08 Å². The van der Waals surface area contributed by atoms with Crippen molar-refractivity contribution in [1.29, 1.82) is 0 Å². The first-order valence-corrected chi connectivity index (χ1v) is 9.52. The van der Waals surface area contributed by atoms with E-state index in [1.54, 1.807) is 6.08 Å². The van der Waals surface area contributed by atoms with Gasteiger partial charge in [0.05, 0.1) is 0 Å². The Bertz CT molecular complexity index is 1120. The van der Waals surface area contributed by atoms with Crippen LogP contribution in [0, 0.1) is 6.92 Å². The van der Waals surface area contributed by atoms with Crippen LogP contribution < -0.4 is 4.74 Å². The molecule has 0 saturated heterocycles. The highest BCUT2D eigenvalue weighted by atomic mass is 35.5. The predicted molar refractivity (Wildman–Crippen MR) is 114 cm³/mol. The average molecular weight is 404 g/mol. The van der Waals surface area contributed by atoms with Crippen molar-refractivity contribution in [1.82, 2.24) is 0 Å². The number of aryl methyl sites for hydroxylation is 1. The normalized spacial score (nSPS) is 14.6. The van der Waals surface area contributed by atoms with E-state index in [0.717, 1.165) is 22.3 Å². The summed E-state index contributed by atoms with van der Waals surface area (Å²) in [4.78, 5) is 16.6. The third-order valence-corrected chi connectivity index (χ3v) is 4.80. The molecule has 0 aliphatic carbocycles. The lowest BCUT2D eigenvalue weighted by Gasteiger charge is -2.08. The van der Waals surface area contributed by atoms with Crippen molar-refractivity contribution < 1.29 is 14.3 Å². The molecule has 144 valence electrons. The highest BCUT2D eigenvalue weighted by Crippen LogP contribution is 2.23. The number of rotatable bonds is 5. The number of halogens is 1. The first-order valence-electron chi connectivity index (χ1n) is 9.14. The molecule has 5 heteroatoms. The molecular weight excluding hydrogens is 386 g/mol. The van der Waals surface area contributed by atoms with Crippen LogP contribution in [0.4, 0.5) is 0 Å². The average Bonchev–Trinajstić information content (AvgIpc) is 3.08. The van der Waals surface area contributed by atoms with E-state index in [4.69, 9.17) is 21.1 Å². The second kappa shape index (κ2) is 8.33. The lowest BCUT2D eigenvalue weighted by Crippen LogP contribution is -2.05. The molecule has 3 aromatic rings. The largest absolute Gasteiger partial charge is 0.489 e. The summed E-state index contributed by atoms with van der Waals surface area (Å²) in [5, 5.41) is 0.664. The number of hydrogen-bond donors (Lipinski definition) is 0. The van der Waals surface area contributed by atoms with Crippen LogP contribution >= 0.6 is 11.6 Å². The lowest BCUT2D eigenvalue weighted by atomic mass is 10.1. The summed E-state index contributed by atoms with van der Waals surface area (Å²) < 4.78 is 11.2. The van der Waals surface area contributed by atoms with Gasteiger partial charge in [-0.25, -0.2) is 9.79 Å². The van der Waals surface area contributed by atoms with Gasteiger partial charge < -0.3 is 9.47 Å². The van der Waals surface area contributed by atoms with E-state index >= 15 is 0 Å². The van der Waals surface area contributed by atoms with Crippen LogP contribution in [-0.4, -0.2) is 11.9 Å². The van der Waals surface area contributed by atoms with Crippen LogP contribution in [0.3, 0.4) is 0 Å². The summed E-state index contributed by atoms with van der Waals surface area (Å²) in [6.45, 7) is 2.36. The Morgan fingerprint density at radius 2 is 1.83 bits per heavy atom. The van der Waals surface area contributed by atoms with Gasteiger partial charge in [-0.3, -0.25) is 0 Å². The zero-order chi connectivity index (χ0) is 20.2. The summed E-state index contributed by atoms with van der Waals surface area (Å²) in [5.41, 5.74) is 3.85. The molecule has 1 aliphatic rings. The molecule has 0 unspecified atom stereocenters. The molecule has 0 atom stereocenters. The Balaban J connectivity index is 1.52. The number of ether oxygens (including phenoxy) is 2. The SMILES string of the molecule is Cc1ccc(C2=NC(=Cc3cccc(OCc4ccccc4Cl)c3)C(=O)O2)cc1. The topological polar surface area (TPSA) is 47.9 Å². The first-order chi connectivity index (χ1) is 14.1. The summed E-state index contributed by atoms with van der Waals surface area (Å²) >= 11 is 6.17. The van der Waals surface area contributed by atoms with E-state index in [1.807, 2.05) is 79.7 Å². The number of benzene rings is 3. The van der Waals surface area contributed by atoms with Crippen LogP contribution in [0.2, 0.25) is 5.02 Å². The summed E-state index contributed by atoms with van der Waals surface area (Å²) in [6, 6.07) is 22.7. The Morgan fingerprint density at radius 3 is 2.62 bits per heavy atom. The number of nitrogens with zero attached hydrogens (tertiary/aromatic N) is 1. The minimum Gasteiger partial charge on any atom is -0.489 e. The second-order valence-electron chi connectivity index (χ2n) is 6.65. The summed E-state index contributed by atoms with van der Waals surface area (Å²) in [5.74, 6) is 0.517. The maximum Gasteiger partial charge on any atom is 0.363 e. The van der Waals surface area contributed by atoms with Crippen molar-refractivity contribution in [2.24, 2.45) is 4.99 Å². The van der Waals surface area contributed by atoms with Gasteiger partial charge in [-0.1, -0.05) is 59.6 Å². The third-order valence-electron chi connectivity index (χ3n) is 4.43. The van der Waals surface area contributed by atoms with Gasteiger partial charge in [-0.05, 0) is 48.9 Å². The third kappa shape index (κ3) is 4.55. The molecule has 3 aromatic carbocycles. The van der Waals surface area contributed by atoms with Gasteiger partial charge in [-0.2, -0.15) is 0 Å². The molecule has 4 nitrogen and oxygen atoms in total. The Morgan fingerprint density at radius 1 is 1.03 bits per heavy atom. The lowest BCUT2D eigenvalue weighted by molar-refractivity contribution is -0.129. The van der Waals surface area contributed by atoms with E-state index in [0.29, 0.717) is 23.3 Å². The maximum atomic E-state index is 12.2. The van der Waals surface area contributed by atoms with Gasteiger partial charge >= 0.3 is 5.97 Å². The fraction of sp³-hybridized carbons (Fsp3) is 0.0833. The van der Waals surface area contributed by atoms with E-state index in [9.17, 15) is 4.79 Å². The van der Waals surface area contributed by atoms with Crippen LogP contribution in [0.1, 0.15) is 22.3 Å². The maximum absolute atomic E-state index is 12.2. The van der Waals surface area contributed by atoms with Crippen molar-refractivity contribution in [3.8, 4) is 5.75 Å². The quantitative estimate of drug-likeness (QED) is 0.413. The minimum atomic E-state index is -0.469. The molecule has 1 aliphatic heterocycles. The van der Waals surface area contributed by atoms with Gasteiger partial charge in [0, 0.05) is 16.1 Å². The first kappa shape index (κ1) is 19.0. The molecule has 0 bridgehead atoms. The van der Waals surface area contributed by atoms with Gasteiger partial charge in [-0.15, -0.1) is 0 Å². The molecule has 0 fully saturated rings. The zero-order valence-corrected chi connectivity index (χ0v) is 16.5. The predicted octanol–water partition coefficient (Wildman–Crippen LogP) is 5.57. The number of esters is 1. The van der Waals surface area contributed by atoms with E-state index in [-0.39, 0.29) is 5.70 Å². The summed E-state index contributed by atoms with van der Waals surface area (Å²) in [6.07, 6.45) is 1.69.